The maximum absolute atomic E-state index is 9.49. The van der Waals surface area contributed by atoms with Crippen LogP contribution in [-0.2, 0) is 4.74 Å². The molecule has 0 unspecified atom stereocenters. The van der Waals surface area contributed by atoms with Crippen molar-refractivity contribution in [3.8, 4) is 0 Å². The number of nitrogens with zero attached hydrogens (tertiary/aromatic N) is 1. The first-order valence-electron chi connectivity index (χ1n) is 7.07. The molecule has 2 aliphatic heterocycles. The number of aliphatic hydroxyl groups excluding tert-OH is 1. The van der Waals surface area contributed by atoms with E-state index in [1.807, 2.05) is 12.1 Å². The zero-order chi connectivity index (χ0) is 14.0. The Morgan fingerprint density at radius 3 is 2.50 bits per heavy atom. The number of rotatable bonds is 4. The molecule has 0 atom stereocenters. The van der Waals surface area contributed by atoms with Crippen molar-refractivity contribution in [2.45, 2.75) is 6.42 Å². The fraction of sp³-hybridized carbons (Fsp3) is 0.500. The maximum atomic E-state index is 9.49. The molecular weight excluding hydrogens is 274 g/mol. The third-order valence-electron chi connectivity index (χ3n) is 4.22. The van der Waals surface area contributed by atoms with E-state index in [-0.39, 0.29) is 12.0 Å². The van der Waals surface area contributed by atoms with Crippen LogP contribution in [0.15, 0.2) is 30.3 Å². The average Bonchev–Trinajstić information content (AvgIpc) is 2.45. The van der Waals surface area contributed by atoms with Gasteiger partial charge in [-0.15, -0.1) is 0 Å². The van der Waals surface area contributed by atoms with Gasteiger partial charge in [-0.3, -0.25) is 4.90 Å². The normalized spacial score (nSPS) is 22.2. The van der Waals surface area contributed by atoms with Crippen molar-refractivity contribution in [2.24, 2.45) is 5.41 Å². The summed E-state index contributed by atoms with van der Waals surface area (Å²) in [6.45, 7) is 4.50. The lowest BCUT2D eigenvalue weighted by atomic mass is 9.85. The molecular formula is C16H20ClNO2. The van der Waals surface area contributed by atoms with Crippen molar-refractivity contribution >= 4 is 17.2 Å². The smallest absolute Gasteiger partial charge is 0.0579 e. The van der Waals surface area contributed by atoms with Gasteiger partial charge in [0, 0.05) is 24.7 Å². The van der Waals surface area contributed by atoms with Crippen LogP contribution < -0.4 is 0 Å². The topological polar surface area (TPSA) is 32.7 Å². The summed E-state index contributed by atoms with van der Waals surface area (Å²) in [5.41, 5.74) is 2.63. The number of hydrogen-bond acceptors (Lipinski definition) is 3. The van der Waals surface area contributed by atoms with Crippen molar-refractivity contribution in [1.29, 1.82) is 0 Å². The van der Waals surface area contributed by atoms with Gasteiger partial charge in [-0.2, -0.15) is 0 Å². The first-order valence-corrected chi connectivity index (χ1v) is 7.45. The molecule has 0 amide bonds. The summed E-state index contributed by atoms with van der Waals surface area (Å²) in [5.74, 6) is 0. The van der Waals surface area contributed by atoms with E-state index in [4.69, 9.17) is 16.3 Å². The largest absolute Gasteiger partial charge is 0.396 e. The highest BCUT2D eigenvalue weighted by Crippen LogP contribution is 2.30. The molecule has 108 valence electrons. The Kier molecular flexibility index (Phi) is 4.13. The van der Waals surface area contributed by atoms with Crippen LogP contribution >= 0.6 is 11.6 Å². The Morgan fingerprint density at radius 1 is 1.25 bits per heavy atom. The van der Waals surface area contributed by atoms with Crippen LogP contribution in [0.5, 0.6) is 0 Å². The van der Waals surface area contributed by atoms with Gasteiger partial charge < -0.3 is 9.84 Å². The second kappa shape index (κ2) is 5.86. The summed E-state index contributed by atoms with van der Waals surface area (Å²) >= 11 is 5.92. The third kappa shape index (κ3) is 2.91. The lowest BCUT2D eigenvalue weighted by Crippen LogP contribution is -2.53. The molecule has 0 radical (unpaired) electrons. The number of halogens is 1. The van der Waals surface area contributed by atoms with Gasteiger partial charge in [0.1, 0.15) is 0 Å². The van der Waals surface area contributed by atoms with Gasteiger partial charge in [-0.05, 0) is 29.7 Å². The minimum Gasteiger partial charge on any atom is -0.396 e. The lowest BCUT2D eigenvalue weighted by Gasteiger charge is -2.43. The Balaban J connectivity index is 1.61. The quantitative estimate of drug-likeness (QED) is 0.925. The second-order valence-corrected chi connectivity index (χ2v) is 6.31. The van der Waals surface area contributed by atoms with Gasteiger partial charge in [0.25, 0.3) is 0 Å². The van der Waals surface area contributed by atoms with Crippen LogP contribution in [0.3, 0.4) is 0 Å². The van der Waals surface area contributed by atoms with Gasteiger partial charge in [-0.25, -0.2) is 0 Å². The predicted octanol–water partition coefficient (Wildman–Crippen LogP) is 2.44. The van der Waals surface area contributed by atoms with E-state index in [0.717, 1.165) is 31.1 Å². The Morgan fingerprint density at radius 2 is 2.00 bits per heavy atom. The van der Waals surface area contributed by atoms with E-state index in [1.165, 1.54) is 11.1 Å². The van der Waals surface area contributed by atoms with Crippen LogP contribution in [0.2, 0.25) is 5.02 Å². The lowest BCUT2D eigenvalue weighted by molar-refractivity contribution is -0.147. The monoisotopic (exact) mass is 293 g/mol. The number of benzene rings is 1. The third-order valence-corrected chi connectivity index (χ3v) is 4.47. The van der Waals surface area contributed by atoms with Gasteiger partial charge in [0.05, 0.1) is 25.2 Å². The van der Waals surface area contributed by atoms with Gasteiger partial charge >= 0.3 is 0 Å². The minimum atomic E-state index is -0.0222. The standard InChI is InChI=1S/C16H20ClNO2/c17-15-3-1-13(2-4-15)14-5-7-18(8-6-14)9-16(10-19)11-20-12-16/h1-5,19H,6-12H2. The van der Waals surface area contributed by atoms with Crippen molar-refractivity contribution in [1.82, 2.24) is 4.90 Å². The molecule has 1 aromatic rings. The molecule has 2 aliphatic rings. The van der Waals surface area contributed by atoms with Gasteiger partial charge in [0.15, 0.2) is 0 Å². The molecule has 0 aliphatic carbocycles. The molecule has 0 saturated carbocycles. The fourth-order valence-electron chi connectivity index (χ4n) is 2.88. The Labute approximate surface area is 124 Å². The number of ether oxygens (including phenoxy) is 1. The highest BCUT2D eigenvalue weighted by Gasteiger charge is 2.39. The Hall–Kier alpha value is -0.870. The van der Waals surface area contributed by atoms with E-state index in [1.54, 1.807) is 0 Å². The van der Waals surface area contributed by atoms with Crippen molar-refractivity contribution < 1.29 is 9.84 Å². The van der Waals surface area contributed by atoms with Crippen molar-refractivity contribution in [2.75, 3.05) is 39.5 Å². The minimum absolute atomic E-state index is 0.0222. The van der Waals surface area contributed by atoms with E-state index in [0.29, 0.717) is 13.2 Å². The van der Waals surface area contributed by atoms with Crippen LogP contribution in [0, 0.1) is 5.41 Å². The van der Waals surface area contributed by atoms with Crippen LogP contribution in [-0.4, -0.2) is 49.5 Å². The molecule has 1 saturated heterocycles. The summed E-state index contributed by atoms with van der Waals surface area (Å²) in [5, 5.41) is 10.3. The first kappa shape index (κ1) is 14.1. The molecule has 3 rings (SSSR count). The van der Waals surface area contributed by atoms with Gasteiger partial charge in [0.2, 0.25) is 0 Å². The second-order valence-electron chi connectivity index (χ2n) is 5.87. The molecule has 0 spiro atoms. The number of aliphatic hydroxyl groups is 1. The van der Waals surface area contributed by atoms with Crippen molar-refractivity contribution in [3.05, 3.63) is 40.9 Å². The molecule has 0 aromatic heterocycles. The Bertz CT molecular complexity index is 488. The molecule has 1 aromatic carbocycles. The highest BCUT2D eigenvalue weighted by molar-refractivity contribution is 6.30. The molecule has 20 heavy (non-hydrogen) atoms. The van der Waals surface area contributed by atoms with E-state index < -0.39 is 0 Å². The molecule has 2 heterocycles. The molecule has 1 fully saturated rings. The molecule has 4 heteroatoms. The van der Waals surface area contributed by atoms with E-state index in [9.17, 15) is 5.11 Å². The maximum Gasteiger partial charge on any atom is 0.0579 e. The SMILES string of the molecule is OCC1(CN2CC=C(c3ccc(Cl)cc3)CC2)COC1. The molecule has 0 bridgehead atoms. The summed E-state index contributed by atoms with van der Waals surface area (Å²) in [4.78, 5) is 2.40. The van der Waals surface area contributed by atoms with Gasteiger partial charge in [-0.1, -0.05) is 29.8 Å². The molecule has 1 N–H and O–H groups in total. The summed E-state index contributed by atoms with van der Waals surface area (Å²) < 4.78 is 5.26. The number of hydrogen-bond donors (Lipinski definition) is 1. The predicted molar refractivity (Wildman–Crippen MR) is 80.8 cm³/mol. The summed E-state index contributed by atoms with van der Waals surface area (Å²) in [7, 11) is 0. The highest BCUT2D eigenvalue weighted by atomic mass is 35.5. The van der Waals surface area contributed by atoms with E-state index in [2.05, 4.69) is 23.1 Å². The van der Waals surface area contributed by atoms with Crippen LogP contribution in [0.25, 0.3) is 5.57 Å². The first-order chi connectivity index (χ1) is 9.71. The zero-order valence-corrected chi connectivity index (χ0v) is 12.3. The van der Waals surface area contributed by atoms with Crippen LogP contribution in [0.1, 0.15) is 12.0 Å². The van der Waals surface area contributed by atoms with Crippen LogP contribution in [0.4, 0.5) is 0 Å². The van der Waals surface area contributed by atoms with Crippen molar-refractivity contribution in [3.63, 3.8) is 0 Å². The zero-order valence-electron chi connectivity index (χ0n) is 11.5. The fourth-order valence-corrected chi connectivity index (χ4v) is 3.00. The van der Waals surface area contributed by atoms with E-state index >= 15 is 0 Å². The molecule has 3 nitrogen and oxygen atoms in total. The summed E-state index contributed by atoms with van der Waals surface area (Å²) in [6, 6.07) is 8.05. The average molecular weight is 294 g/mol. The summed E-state index contributed by atoms with van der Waals surface area (Å²) in [6.07, 6.45) is 3.33.